The molecule has 6 nitrogen and oxygen atoms in total. The first kappa shape index (κ1) is 22.3. The highest BCUT2D eigenvalue weighted by molar-refractivity contribution is 5.86. The number of aliphatic hydroxyl groups excluding tert-OH is 1. The Balaban J connectivity index is 1.71. The summed E-state index contributed by atoms with van der Waals surface area (Å²) in [4.78, 5) is 15.6. The van der Waals surface area contributed by atoms with E-state index < -0.39 is 23.5 Å². The molecule has 0 spiro atoms. The van der Waals surface area contributed by atoms with Crippen molar-refractivity contribution in [2.45, 2.75) is 103 Å². The lowest BCUT2D eigenvalue weighted by molar-refractivity contribution is -0.213. The van der Waals surface area contributed by atoms with E-state index in [-0.39, 0.29) is 29.4 Å². The van der Waals surface area contributed by atoms with Crippen molar-refractivity contribution < 1.29 is 24.1 Å². The third kappa shape index (κ3) is 3.17. The highest BCUT2D eigenvalue weighted by Gasteiger charge is 2.77. The standard InChI is InChI=1S/C24H39NO5/c1-6-7-13-28-18-14-17-20(27)25-21(22(2,3)4)29-15-24(25,23(17,5)30-18)19(26)16-11-9-8-10-12-16/h9,11,16-19,21,26H,6-8,10,12-15H2,1-5H3/t16-,17+,18?,19+,21+,23+,24-/m1/s1. The average Bonchev–Trinajstić information content (AvgIpc) is 3.32. The van der Waals surface area contributed by atoms with Gasteiger partial charge < -0.3 is 24.2 Å². The number of nitrogens with zero attached hydrogens (tertiary/aromatic N) is 1. The van der Waals surface area contributed by atoms with Crippen LogP contribution < -0.4 is 0 Å². The number of ether oxygens (including phenoxy) is 3. The lowest BCUT2D eigenvalue weighted by Crippen LogP contribution is -2.67. The van der Waals surface area contributed by atoms with E-state index >= 15 is 0 Å². The van der Waals surface area contributed by atoms with Crippen LogP contribution in [0.15, 0.2) is 12.2 Å². The molecule has 7 atom stereocenters. The maximum absolute atomic E-state index is 13.8. The quantitative estimate of drug-likeness (QED) is 0.524. The summed E-state index contributed by atoms with van der Waals surface area (Å²) in [5.74, 6) is -0.286. The lowest BCUT2D eigenvalue weighted by atomic mass is 9.69. The minimum Gasteiger partial charge on any atom is -0.390 e. The van der Waals surface area contributed by atoms with Crippen molar-refractivity contribution >= 4 is 5.91 Å². The number of carbonyl (C=O) groups excluding carboxylic acids is 1. The second-order valence-electron chi connectivity index (χ2n) is 10.8. The first-order valence-electron chi connectivity index (χ1n) is 11.8. The van der Waals surface area contributed by atoms with E-state index in [4.69, 9.17) is 14.2 Å². The Morgan fingerprint density at radius 2 is 2.17 bits per heavy atom. The van der Waals surface area contributed by atoms with Crippen molar-refractivity contribution in [1.29, 1.82) is 0 Å². The predicted molar refractivity (Wildman–Crippen MR) is 114 cm³/mol. The smallest absolute Gasteiger partial charge is 0.231 e. The van der Waals surface area contributed by atoms with E-state index in [1.165, 1.54) is 0 Å². The summed E-state index contributed by atoms with van der Waals surface area (Å²) in [6.45, 7) is 11.3. The van der Waals surface area contributed by atoms with Crippen molar-refractivity contribution in [1.82, 2.24) is 4.90 Å². The maximum atomic E-state index is 13.8. The summed E-state index contributed by atoms with van der Waals surface area (Å²) in [5.41, 5.74) is -2.00. The fourth-order valence-corrected chi connectivity index (χ4v) is 6.06. The van der Waals surface area contributed by atoms with Crippen molar-refractivity contribution in [3.05, 3.63) is 12.2 Å². The highest BCUT2D eigenvalue weighted by atomic mass is 16.7. The van der Waals surface area contributed by atoms with E-state index in [2.05, 4.69) is 39.8 Å². The molecule has 0 aromatic carbocycles. The van der Waals surface area contributed by atoms with Gasteiger partial charge in [0.2, 0.25) is 5.91 Å². The number of rotatable bonds is 6. The number of carbonyl (C=O) groups is 1. The van der Waals surface area contributed by atoms with Crippen LogP contribution in [0.25, 0.3) is 0 Å². The van der Waals surface area contributed by atoms with Gasteiger partial charge in [-0.15, -0.1) is 0 Å². The van der Waals surface area contributed by atoms with Crippen LogP contribution in [0.2, 0.25) is 0 Å². The van der Waals surface area contributed by atoms with E-state index in [0.717, 1.165) is 32.1 Å². The third-order valence-electron chi connectivity index (χ3n) is 7.72. The van der Waals surface area contributed by atoms with Crippen molar-refractivity contribution in [2.24, 2.45) is 17.3 Å². The highest BCUT2D eigenvalue weighted by Crippen LogP contribution is 2.60. The van der Waals surface area contributed by atoms with E-state index in [0.29, 0.717) is 19.6 Å². The second kappa shape index (κ2) is 7.88. The Morgan fingerprint density at radius 3 is 2.80 bits per heavy atom. The van der Waals surface area contributed by atoms with E-state index in [1.807, 2.05) is 11.8 Å². The number of hydrogen-bond donors (Lipinski definition) is 1. The second-order valence-corrected chi connectivity index (χ2v) is 10.8. The van der Waals surface area contributed by atoms with E-state index in [9.17, 15) is 9.90 Å². The number of unbranched alkanes of at least 4 members (excludes halogenated alkanes) is 1. The van der Waals surface area contributed by atoms with Gasteiger partial charge in [0.15, 0.2) is 6.29 Å². The fourth-order valence-electron chi connectivity index (χ4n) is 6.06. The number of fused-ring (bicyclic) bond motifs is 3. The van der Waals surface area contributed by atoms with Crippen molar-refractivity contribution in [3.63, 3.8) is 0 Å². The SMILES string of the molecule is CCCCOC1C[C@H]2C(=O)N3[C@H](C(C)(C)C)OC[C@@]3([C@@H](O)[C@@H]3C=CCCC3)[C@@]2(C)O1. The first-order valence-corrected chi connectivity index (χ1v) is 11.8. The van der Waals surface area contributed by atoms with Crippen molar-refractivity contribution in [2.75, 3.05) is 13.2 Å². The summed E-state index contributed by atoms with van der Waals surface area (Å²) in [7, 11) is 0. The largest absolute Gasteiger partial charge is 0.390 e. The number of allylic oxidation sites excluding steroid dienone is 1. The summed E-state index contributed by atoms with van der Waals surface area (Å²) in [5, 5.41) is 11.8. The molecule has 0 aromatic heterocycles. The summed E-state index contributed by atoms with van der Waals surface area (Å²) >= 11 is 0. The molecule has 0 bridgehead atoms. The fraction of sp³-hybridized carbons (Fsp3) is 0.875. The molecule has 6 heteroatoms. The lowest BCUT2D eigenvalue weighted by Gasteiger charge is -2.48. The molecule has 1 unspecified atom stereocenters. The Kier molecular flexibility index (Phi) is 5.84. The predicted octanol–water partition coefficient (Wildman–Crippen LogP) is 3.63. The van der Waals surface area contributed by atoms with Gasteiger partial charge in [-0.05, 0) is 32.6 Å². The summed E-state index contributed by atoms with van der Waals surface area (Å²) in [6, 6.07) is 0. The summed E-state index contributed by atoms with van der Waals surface area (Å²) in [6.07, 6.45) is 8.33. The van der Waals surface area contributed by atoms with Crippen LogP contribution in [0, 0.1) is 17.3 Å². The molecule has 0 aromatic rings. The number of hydrogen-bond acceptors (Lipinski definition) is 5. The molecule has 3 saturated heterocycles. The van der Waals surface area contributed by atoms with Gasteiger partial charge in [0, 0.05) is 24.4 Å². The van der Waals surface area contributed by atoms with Gasteiger partial charge in [-0.1, -0.05) is 46.3 Å². The van der Waals surface area contributed by atoms with Gasteiger partial charge in [-0.3, -0.25) is 4.79 Å². The number of aliphatic hydroxyl groups is 1. The minimum atomic E-state index is -0.901. The zero-order valence-electron chi connectivity index (χ0n) is 19.2. The van der Waals surface area contributed by atoms with Crippen molar-refractivity contribution in [3.8, 4) is 0 Å². The molecule has 0 saturated carbocycles. The van der Waals surface area contributed by atoms with Gasteiger partial charge in [0.05, 0.1) is 18.6 Å². The molecule has 3 heterocycles. The topological polar surface area (TPSA) is 68.2 Å². The molecular weight excluding hydrogens is 382 g/mol. The van der Waals surface area contributed by atoms with E-state index in [1.54, 1.807) is 0 Å². The first-order chi connectivity index (χ1) is 14.2. The molecule has 4 aliphatic rings. The Hall–Kier alpha value is -0.950. The van der Waals surface area contributed by atoms with Crippen LogP contribution in [0.1, 0.15) is 73.1 Å². The van der Waals surface area contributed by atoms with Gasteiger partial charge in [-0.25, -0.2) is 0 Å². The molecule has 4 rings (SSSR count). The Morgan fingerprint density at radius 1 is 1.40 bits per heavy atom. The molecule has 30 heavy (non-hydrogen) atoms. The molecule has 1 N–H and O–H groups in total. The van der Waals surface area contributed by atoms with Crippen LogP contribution in [0.3, 0.4) is 0 Å². The third-order valence-corrected chi connectivity index (χ3v) is 7.72. The molecule has 1 amide bonds. The van der Waals surface area contributed by atoms with Gasteiger partial charge >= 0.3 is 0 Å². The molecule has 0 radical (unpaired) electrons. The van der Waals surface area contributed by atoms with Crippen LogP contribution >= 0.6 is 0 Å². The zero-order valence-corrected chi connectivity index (χ0v) is 19.2. The maximum Gasteiger partial charge on any atom is 0.231 e. The Labute approximate surface area is 180 Å². The normalized spacial score (nSPS) is 41.9. The Bertz CT molecular complexity index is 688. The molecule has 3 fully saturated rings. The zero-order chi connectivity index (χ0) is 21.7. The molecule has 170 valence electrons. The van der Waals surface area contributed by atoms with Gasteiger partial charge in [0.1, 0.15) is 17.4 Å². The number of amides is 1. The molecule has 1 aliphatic carbocycles. The molecule has 3 aliphatic heterocycles. The van der Waals surface area contributed by atoms with Crippen LogP contribution in [-0.2, 0) is 19.0 Å². The monoisotopic (exact) mass is 421 g/mol. The average molecular weight is 422 g/mol. The summed E-state index contributed by atoms with van der Waals surface area (Å²) < 4.78 is 18.8. The molecular formula is C24H39NO5. The van der Waals surface area contributed by atoms with Crippen LogP contribution in [0.5, 0.6) is 0 Å². The van der Waals surface area contributed by atoms with Gasteiger partial charge in [0.25, 0.3) is 0 Å². The van der Waals surface area contributed by atoms with Crippen LogP contribution in [0.4, 0.5) is 0 Å². The van der Waals surface area contributed by atoms with Gasteiger partial charge in [-0.2, -0.15) is 0 Å². The van der Waals surface area contributed by atoms with Crippen LogP contribution in [-0.4, -0.2) is 58.9 Å². The minimum absolute atomic E-state index is 0.00407.